The molecule has 1 fully saturated rings. The molecule has 100 valence electrons. The normalized spacial score (nSPS) is 19.7. The van der Waals surface area contributed by atoms with E-state index < -0.39 is 0 Å². The Kier molecular flexibility index (Phi) is 5.10. The number of nitrogens with zero attached hydrogens (tertiary/aromatic N) is 3. The monoisotopic (exact) mass is 253 g/mol. The van der Waals surface area contributed by atoms with Crippen LogP contribution in [0.5, 0.6) is 0 Å². The molecule has 2 heterocycles. The van der Waals surface area contributed by atoms with Crippen LogP contribution in [-0.2, 0) is 16.1 Å². The third-order valence-electron chi connectivity index (χ3n) is 2.79. The van der Waals surface area contributed by atoms with Crippen molar-refractivity contribution < 1.29 is 9.53 Å². The maximum Gasteiger partial charge on any atom is 0.221 e. The van der Waals surface area contributed by atoms with E-state index >= 15 is 0 Å². The van der Waals surface area contributed by atoms with E-state index in [1.165, 1.54) is 0 Å². The van der Waals surface area contributed by atoms with Gasteiger partial charge >= 0.3 is 0 Å². The summed E-state index contributed by atoms with van der Waals surface area (Å²) in [4.78, 5) is 11.6. The molecule has 1 amide bonds. The second-order valence-electron chi connectivity index (χ2n) is 4.30. The van der Waals surface area contributed by atoms with Crippen LogP contribution < -0.4 is 10.6 Å². The average Bonchev–Trinajstić information content (AvgIpc) is 2.89. The van der Waals surface area contributed by atoms with Gasteiger partial charge in [-0.05, 0) is 6.42 Å². The molecule has 0 spiro atoms. The van der Waals surface area contributed by atoms with Gasteiger partial charge in [-0.15, -0.1) is 5.10 Å². The molecule has 2 rings (SSSR count). The van der Waals surface area contributed by atoms with Gasteiger partial charge in [0.1, 0.15) is 0 Å². The highest BCUT2D eigenvalue weighted by Crippen LogP contribution is 1.98. The van der Waals surface area contributed by atoms with Crippen LogP contribution in [0.1, 0.15) is 12.8 Å². The highest BCUT2D eigenvalue weighted by molar-refractivity contribution is 5.76. The Hall–Kier alpha value is -1.47. The van der Waals surface area contributed by atoms with Crippen LogP contribution >= 0.6 is 0 Å². The highest BCUT2D eigenvalue weighted by atomic mass is 16.5. The SMILES string of the molecule is O=C(CC1COCCN1)NCCCn1ccnn1. The van der Waals surface area contributed by atoms with Crippen LogP contribution in [0, 0.1) is 0 Å². The van der Waals surface area contributed by atoms with Crippen molar-refractivity contribution in [1.29, 1.82) is 0 Å². The van der Waals surface area contributed by atoms with Crippen molar-refractivity contribution >= 4 is 5.91 Å². The first-order valence-electron chi connectivity index (χ1n) is 6.26. The van der Waals surface area contributed by atoms with Crippen LogP contribution in [0.3, 0.4) is 0 Å². The van der Waals surface area contributed by atoms with Gasteiger partial charge < -0.3 is 15.4 Å². The van der Waals surface area contributed by atoms with Crippen molar-refractivity contribution in [3.8, 4) is 0 Å². The summed E-state index contributed by atoms with van der Waals surface area (Å²) in [6, 6.07) is 0.147. The topological polar surface area (TPSA) is 81.1 Å². The number of aryl methyl sites for hydroxylation is 1. The fourth-order valence-electron chi connectivity index (χ4n) is 1.87. The molecule has 18 heavy (non-hydrogen) atoms. The molecule has 1 aromatic rings. The van der Waals surface area contributed by atoms with Crippen LogP contribution in [0.25, 0.3) is 0 Å². The lowest BCUT2D eigenvalue weighted by atomic mass is 10.2. The molecule has 7 heteroatoms. The number of morpholine rings is 1. The number of rotatable bonds is 6. The smallest absolute Gasteiger partial charge is 0.221 e. The number of aromatic nitrogens is 3. The highest BCUT2D eigenvalue weighted by Gasteiger charge is 2.16. The van der Waals surface area contributed by atoms with E-state index in [0.717, 1.165) is 26.1 Å². The van der Waals surface area contributed by atoms with Gasteiger partial charge in [0.05, 0.1) is 19.4 Å². The summed E-state index contributed by atoms with van der Waals surface area (Å²) in [6.07, 6.45) is 4.78. The van der Waals surface area contributed by atoms with Crippen molar-refractivity contribution in [2.75, 3.05) is 26.3 Å². The minimum absolute atomic E-state index is 0.0663. The molecule has 1 aromatic heterocycles. The zero-order valence-electron chi connectivity index (χ0n) is 10.3. The molecule has 1 atom stereocenters. The molecule has 0 aromatic carbocycles. The van der Waals surface area contributed by atoms with Gasteiger partial charge in [0.2, 0.25) is 5.91 Å². The van der Waals surface area contributed by atoms with Crippen molar-refractivity contribution in [1.82, 2.24) is 25.6 Å². The van der Waals surface area contributed by atoms with Crippen molar-refractivity contribution in [3.05, 3.63) is 12.4 Å². The Morgan fingerprint density at radius 1 is 1.61 bits per heavy atom. The van der Waals surface area contributed by atoms with Gasteiger partial charge in [0, 0.05) is 38.3 Å². The standard InChI is InChI=1S/C11H19N5O2/c17-11(8-10-9-18-7-4-12-10)13-2-1-5-16-6-3-14-15-16/h3,6,10,12H,1-2,4-5,7-9H2,(H,13,17). The third kappa shape index (κ3) is 4.42. The van der Waals surface area contributed by atoms with Crippen LogP contribution in [0.2, 0.25) is 0 Å². The minimum atomic E-state index is 0.0663. The van der Waals surface area contributed by atoms with E-state index in [9.17, 15) is 4.79 Å². The summed E-state index contributed by atoms with van der Waals surface area (Å²) in [5.41, 5.74) is 0. The van der Waals surface area contributed by atoms with Crippen LogP contribution in [0.4, 0.5) is 0 Å². The van der Waals surface area contributed by atoms with Gasteiger partial charge in [0.15, 0.2) is 0 Å². The van der Waals surface area contributed by atoms with E-state index in [-0.39, 0.29) is 11.9 Å². The Bertz CT molecular complexity index is 348. The van der Waals surface area contributed by atoms with Crippen LogP contribution in [0.15, 0.2) is 12.4 Å². The van der Waals surface area contributed by atoms with Crippen molar-refractivity contribution in [2.45, 2.75) is 25.4 Å². The lowest BCUT2D eigenvalue weighted by molar-refractivity contribution is -0.122. The summed E-state index contributed by atoms with van der Waals surface area (Å²) in [5, 5.41) is 13.7. The molecule has 1 unspecified atom stereocenters. The molecular weight excluding hydrogens is 234 g/mol. The maximum atomic E-state index is 11.6. The predicted octanol–water partition coefficient (Wildman–Crippen LogP) is -0.837. The van der Waals surface area contributed by atoms with Crippen molar-refractivity contribution in [3.63, 3.8) is 0 Å². The molecular formula is C11H19N5O2. The fraction of sp³-hybridized carbons (Fsp3) is 0.727. The van der Waals surface area contributed by atoms with Gasteiger partial charge in [0.25, 0.3) is 0 Å². The van der Waals surface area contributed by atoms with Gasteiger partial charge in [-0.2, -0.15) is 0 Å². The molecule has 1 aliphatic rings. The molecule has 0 radical (unpaired) electrons. The Morgan fingerprint density at radius 2 is 2.56 bits per heavy atom. The largest absolute Gasteiger partial charge is 0.378 e. The molecule has 2 N–H and O–H groups in total. The lowest BCUT2D eigenvalue weighted by Crippen LogP contribution is -2.44. The quantitative estimate of drug-likeness (QED) is 0.646. The summed E-state index contributed by atoms with van der Waals surface area (Å²) < 4.78 is 7.05. The number of carbonyl (C=O) groups is 1. The van der Waals surface area contributed by atoms with Crippen molar-refractivity contribution in [2.24, 2.45) is 0 Å². The molecule has 0 bridgehead atoms. The summed E-state index contributed by atoms with van der Waals surface area (Å²) in [7, 11) is 0. The average molecular weight is 253 g/mol. The molecule has 1 aliphatic heterocycles. The summed E-state index contributed by atoms with van der Waals surface area (Å²) in [6.45, 7) is 3.60. The number of amides is 1. The number of ether oxygens (including phenoxy) is 1. The lowest BCUT2D eigenvalue weighted by Gasteiger charge is -2.23. The van der Waals surface area contributed by atoms with E-state index in [1.54, 1.807) is 10.9 Å². The zero-order chi connectivity index (χ0) is 12.6. The summed E-state index contributed by atoms with van der Waals surface area (Å²) >= 11 is 0. The Balaban J connectivity index is 1.54. The molecule has 7 nitrogen and oxygen atoms in total. The Labute approximate surface area is 106 Å². The fourth-order valence-corrected chi connectivity index (χ4v) is 1.87. The van der Waals surface area contributed by atoms with Gasteiger partial charge in [-0.25, -0.2) is 0 Å². The van der Waals surface area contributed by atoms with E-state index in [2.05, 4.69) is 20.9 Å². The van der Waals surface area contributed by atoms with Gasteiger partial charge in [-0.1, -0.05) is 5.21 Å². The maximum absolute atomic E-state index is 11.6. The molecule has 1 saturated heterocycles. The Morgan fingerprint density at radius 3 is 3.28 bits per heavy atom. The predicted molar refractivity (Wildman–Crippen MR) is 64.9 cm³/mol. The summed E-state index contributed by atoms with van der Waals surface area (Å²) in [5.74, 6) is 0.0663. The number of carbonyl (C=O) groups excluding carboxylic acids is 1. The second-order valence-corrected chi connectivity index (χ2v) is 4.30. The first-order chi connectivity index (χ1) is 8.84. The zero-order valence-corrected chi connectivity index (χ0v) is 10.3. The number of hydrogen-bond donors (Lipinski definition) is 2. The number of hydrogen-bond acceptors (Lipinski definition) is 5. The third-order valence-corrected chi connectivity index (χ3v) is 2.79. The molecule has 0 saturated carbocycles. The van der Waals surface area contributed by atoms with Gasteiger partial charge in [-0.3, -0.25) is 9.48 Å². The number of nitrogens with one attached hydrogen (secondary N) is 2. The molecule has 0 aliphatic carbocycles. The van der Waals surface area contributed by atoms with E-state index in [4.69, 9.17) is 4.74 Å². The second kappa shape index (κ2) is 7.07. The first kappa shape index (κ1) is 13.0. The van der Waals surface area contributed by atoms with E-state index in [1.807, 2.05) is 6.20 Å². The van der Waals surface area contributed by atoms with Crippen LogP contribution in [-0.4, -0.2) is 53.2 Å². The minimum Gasteiger partial charge on any atom is -0.378 e. The van der Waals surface area contributed by atoms with E-state index in [0.29, 0.717) is 19.6 Å². The first-order valence-corrected chi connectivity index (χ1v) is 6.26.